The fourth-order valence-electron chi connectivity index (χ4n) is 9.12. The van der Waals surface area contributed by atoms with Crippen LogP contribution in [0.2, 0.25) is 0 Å². The van der Waals surface area contributed by atoms with Crippen LogP contribution in [-0.4, -0.2) is 37.2 Å². The monoisotopic (exact) mass is 1010 g/mol. The van der Waals surface area contributed by atoms with Gasteiger partial charge in [-0.05, 0) is 64.2 Å². The zero-order valence-electron chi connectivity index (χ0n) is 47.9. The van der Waals surface area contributed by atoms with Crippen LogP contribution in [0.3, 0.4) is 0 Å². The van der Waals surface area contributed by atoms with Gasteiger partial charge in [0.15, 0.2) is 6.10 Å². The Morgan fingerprint density at radius 2 is 0.542 bits per heavy atom. The summed E-state index contributed by atoms with van der Waals surface area (Å²) in [6, 6.07) is 0. The summed E-state index contributed by atoms with van der Waals surface area (Å²) < 4.78 is 16.8. The van der Waals surface area contributed by atoms with Crippen molar-refractivity contribution >= 4 is 17.9 Å². The van der Waals surface area contributed by atoms with Gasteiger partial charge in [-0.25, -0.2) is 0 Å². The molecule has 0 bridgehead atoms. The standard InChI is InChI=1S/C66H118O6/c1-4-7-10-13-16-19-21-23-25-27-29-30-31-32-33-34-35-36-38-39-41-43-45-47-50-53-56-59-65(68)71-62-63(61-70-64(67)58-55-52-49-18-15-12-9-6-3)72-66(69)60-57-54-51-48-46-44-42-40-37-28-26-24-22-20-17-14-11-8-5-2/h8,11,17,20,24,26,37,40,44,46,63H,4-7,9-10,12-16,18-19,21-23,25,27-36,38-39,41-43,45,47-62H2,1-3H3/b11-8-,20-17-,26-24-,40-37-,46-44-. The Balaban J connectivity index is 4.15. The minimum absolute atomic E-state index is 0.0841. The molecule has 0 spiro atoms. The maximum Gasteiger partial charge on any atom is 0.306 e. The van der Waals surface area contributed by atoms with Gasteiger partial charge in [-0.3, -0.25) is 14.4 Å². The summed E-state index contributed by atoms with van der Waals surface area (Å²) >= 11 is 0. The summed E-state index contributed by atoms with van der Waals surface area (Å²) in [5.41, 5.74) is 0. The molecule has 6 nitrogen and oxygen atoms in total. The van der Waals surface area contributed by atoms with E-state index in [2.05, 4.69) is 81.5 Å². The number of allylic oxidation sites excluding steroid dienone is 10. The Kier molecular flexibility index (Phi) is 58.2. The van der Waals surface area contributed by atoms with E-state index in [0.29, 0.717) is 19.3 Å². The van der Waals surface area contributed by atoms with Crippen LogP contribution in [0.25, 0.3) is 0 Å². The normalized spacial score (nSPS) is 12.4. The van der Waals surface area contributed by atoms with Crippen LogP contribution in [0.15, 0.2) is 60.8 Å². The van der Waals surface area contributed by atoms with Gasteiger partial charge in [0.05, 0.1) is 0 Å². The van der Waals surface area contributed by atoms with Crippen molar-refractivity contribution in [3.05, 3.63) is 60.8 Å². The van der Waals surface area contributed by atoms with Crippen molar-refractivity contribution in [3.8, 4) is 0 Å². The first-order valence-corrected chi connectivity index (χ1v) is 31.3. The molecule has 0 aliphatic heterocycles. The van der Waals surface area contributed by atoms with E-state index >= 15 is 0 Å². The molecule has 0 heterocycles. The van der Waals surface area contributed by atoms with Gasteiger partial charge in [0, 0.05) is 19.3 Å². The van der Waals surface area contributed by atoms with E-state index < -0.39 is 6.10 Å². The van der Waals surface area contributed by atoms with Crippen molar-refractivity contribution in [2.24, 2.45) is 0 Å². The Bertz CT molecular complexity index is 1290. The van der Waals surface area contributed by atoms with Crippen LogP contribution in [0.4, 0.5) is 0 Å². The lowest BCUT2D eigenvalue weighted by Crippen LogP contribution is -2.30. The maximum atomic E-state index is 12.8. The second-order valence-electron chi connectivity index (χ2n) is 21.0. The lowest BCUT2D eigenvalue weighted by atomic mass is 10.0. The van der Waals surface area contributed by atoms with E-state index in [1.165, 1.54) is 186 Å². The molecule has 6 heteroatoms. The third-order valence-electron chi connectivity index (χ3n) is 13.8. The van der Waals surface area contributed by atoms with Gasteiger partial charge in [-0.1, -0.05) is 300 Å². The van der Waals surface area contributed by atoms with Gasteiger partial charge in [0.2, 0.25) is 0 Å². The molecule has 1 unspecified atom stereocenters. The van der Waals surface area contributed by atoms with Gasteiger partial charge in [-0.2, -0.15) is 0 Å². The number of carbonyl (C=O) groups excluding carboxylic acids is 3. The summed E-state index contributed by atoms with van der Waals surface area (Å²) in [6.07, 6.45) is 76.9. The van der Waals surface area contributed by atoms with Crippen LogP contribution < -0.4 is 0 Å². The molecule has 0 aliphatic rings. The van der Waals surface area contributed by atoms with Crippen LogP contribution in [0.5, 0.6) is 0 Å². The minimum atomic E-state index is -0.788. The van der Waals surface area contributed by atoms with Crippen LogP contribution in [0.1, 0.15) is 323 Å². The van der Waals surface area contributed by atoms with E-state index in [4.69, 9.17) is 14.2 Å². The fourth-order valence-corrected chi connectivity index (χ4v) is 9.12. The SMILES string of the molecule is CC/C=C\C/C=C\C/C=C\C/C=C\C/C=C\CCCCCC(=O)OC(COC(=O)CCCCCCCCCC)COC(=O)CCCCCCCCCCCCCCCCCCCCCCCCCCCCC. The minimum Gasteiger partial charge on any atom is -0.462 e. The topological polar surface area (TPSA) is 78.9 Å². The highest BCUT2D eigenvalue weighted by atomic mass is 16.6. The first-order chi connectivity index (χ1) is 35.5. The van der Waals surface area contributed by atoms with Crippen molar-refractivity contribution < 1.29 is 28.6 Å². The van der Waals surface area contributed by atoms with Crippen LogP contribution >= 0.6 is 0 Å². The van der Waals surface area contributed by atoms with E-state index in [0.717, 1.165) is 96.3 Å². The Labute approximate surface area is 447 Å². The van der Waals surface area contributed by atoms with E-state index in [9.17, 15) is 14.4 Å². The Morgan fingerprint density at radius 3 is 0.847 bits per heavy atom. The molecule has 0 aromatic rings. The number of carbonyl (C=O) groups is 3. The van der Waals surface area contributed by atoms with Crippen molar-refractivity contribution in [2.45, 2.75) is 329 Å². The second kappa shape index (κ2) is 60.7. The smallest absolute Gasteiger partial charge is 0.306 e. The second-order valence-corrected chi connectivity index (χ2v) is 21.0. The molecule has 0 aromatic carbocycles. The van der Waals surface area contributed by atoms with Gasteiger partial charge in [-0.15, -0.1) is 0 Å². The molecule has 0 rings (SSSR count). The zero-order chi connectivity index (χ0) is 52.2. The fraction of sp³-hybridized carbons (Fsp3) is 0.803. The predicted octanol–water partition coefficient (Wildman–Crippen LogP) is 21.2. The third-order valence-corrected chi connectivity index (χ3v) is 13.8. The highest BCUT2D eigenvalue weighted by Crippen LogP contribution is 2.17. The van der Waals surface area contributed by atoms with Crippen LogP contribution in [0, 0.1) is 0 Å². The zero-order valence-corrected chi connectivity index (χ0v) is 47.9. The predicted molar refractivity (Wildman–Crippen MR) is 312 cm³/mol. The molecule has 0 aromatic heterocycles. The Hall–Kier alpha value is -2.89. The third kappa shape index (κ3) is 58.0. The molecule has 0 fully saturated rings. The van der Waals surface area contributed by atoms with Crippen LogP contribution in [-0.2, 0) is 28.6 Å². The van der Waals surface area contributed by atoms with Crippen molar-refractivity contribution in [3.63, 3.8) is 0 Å². The lowest BCUT2D eigenvalue weighted by molar-refractivity contribution is -0.167. The van der Waals surface area contributed by atoms with Crippen molar-refractivity contribution in [1.29, 1.82) is 0 Å². The number of ether oxygens (including phenoxy) is 3. The van der Waals surface area contributed by atoms with Crippen molar-refractivity contribution in [2.75, 3.05) is 13.2 Å². The summed E-state index contributed by atoms with van der Waals surface area (Å²) in [7, 11) is 0. The van der Waals surface area contributed by atoms with Gasteiger partial charge < -0.3 is 14.2 Å². The molecule has 0 aliphatic carbocycles. The summed E-state index contributed by atoms with van der Waals surface area (Å²) in [5, 5.41) is 0. The maximum absolute atomic E-state index is 12.8. The molecule has 0 amide bonds. The molecular formula is C66H118O6. The first kappa shape index (κ1) is 69.1. The summed E-state index contributed by atoms with van der Waals surface area (Å²) in [5.74, 6) is -0.907. The van der Waals surface area contributed by atoms with E-state index in [-0.39, 0.29) is 31.1 Å². The number of unbranched alkanes of at least 4 members (excludes halogenated alkanes) is 36. The number of esters is 3. The average Bonchev–Trinajstić information content (AvgIpc) is 3.38. The largest absolute Gasteiger partial charge is 0.462 e. The highest BCUT2D eigenvalue weighted by Gasteiger charge is 2.19. The summed E-state index contributed by atoms with van der Waals surface area (Å²) in [4.78, 5) is 38.1. The number of rotatable bonds is 57. The summed E-state index contributed by atoms with van der Waals surface area (Å²) in [6.45, 7) is 6.51. The van der Waals surface area contributed by atoms with Gasteiger partial charge in [0.25, 0.3) is 0 Å². The average molecular weight is 1010 g/mol. The quantitative estimate of drug-likeness (QED) is 0.0261. The lowest BCUT2D eigenvalue weighted by Gasteiger charge is -2.18. The molecule has 72 heavy (non-hydrogen) atoms. The molecule has 0 N–H and O–H groups in total. The molecule has 0 saturated carbocycles. The van der Waals surface area contributed by atoms with E-state index in [1.54, 1.807) is 0 Å². The number of hydrogen-bond donors (Lipinski definition) is 0. The molecule has 1 atom stereocenters. The molecular weight excluding hydrogens is 889 g/mol. The number of hydrogen-bond acceptors (Lipinski definition) is 6. The van der Waals surface area contributed by atoms with E-state index in [1.807, 2.05) is 0 Å². The molecule has 0 saturated heterocycles. The Morgan fingerprint density at radius 1 is 0.292 bits per heavy atom. The van der Waals surface area contributed by atoms with Gasteiger partial charge >= 0.3 is 17.9 Å². The molecule has 418 valence electrons. The van der Waals surface area contributed by atoms with Crippen molar-refractivity contribution in [1.82, 2.24) is 0 Å². The first-order valence-electron chi connectivity index (χ1n) is 31.3. The molecule has 0 radical (unpaired) electrons. The highest BCUT2D eigenvalue weighted by molar-refractivity contribution is 5.71. The van der Waals surface area contributed by atoms with Gasteiger partial charge in [0.1, 0.15) is 13.2 Å².